The monoisotopic (exact) mass is 377 g/mol. The zero-order chi connectivity index (χ0) is 20.1. The molecule has 154 valence electrons. The Morgan fingerprint density at radius 2 is 1.93 bits per heavy atom. The van der Waals surface area contributed by atoms with Crippen molar-refractivity contribution in [2.75, 3.05) is 26.2 Å². The molecule has 0 aromatic heterocycles. The summed E-state index contributed by atoms with van der Waals surface area (Å²) < 4.78 is 0. The third-order valence-electron chi connectivity index (χ3n) is 5.98. The van der Waals surface area contributed by atoms with Gasteiger partial charge in [-0.1, -0.05) is 32.4 Å². The number of hydrogen-bond donors (Lipinski definition) is 2. The van der Waals surface area contributed by atoms with Gasteiger partial charge in [0.1, 0.15) is 0 Å². The summed E-state index contributed by atoms with van der Waals surface area (Å²) in [6, 6.07) is 0.243. The number of Topliss-reactive ketones (excluding diaryl/α,β-unsaturated/α-hetero) is 2. The first-order valence-electron chi connectivity index (χ1n) is 10.7. The minimum Gasteiger partial charge on any atom is -0.302 e. The van der Waals surface area contributed by atoms with E-state index >= 15 is 0 Å². The van der Waals surface area contributed by atoms with Crippen LogP contribution in [0.4, 0.5) is 0 Å². The lowest BCUT2D eigenvalue weighted by molar-refractivity contribution is -0.129. The van der Waals surface area contributed by atoms with Gasteiger partial charge in [-0.25, -0.2) is 0 Å². The molecule has 27 heavy (non-hydrogen) atoms. The number of nitrogens with one attached hydrogen (secondary N) is 2. The maximum atomic E-state index is 13.3. The molecule has 0 aliphatic carbocycles. The second-order valence-corrected chi connectivity index (χ2v) is 9.21. The van der Waals surface area contributed by atoms with Gasteiger partial charge in [-0.05, 0) is 46.5 Å². The summed E-state index contributed by atoms with van der Waals surface area (Å²) in [6.45, 7) is 12.9. The van der Waals surface area contributed by atoms with E-state index in [0.717, 1.165) is 51.7 Å². The molecule has 3 atom stereocenters. The topological polar surface area (TPSA) is 61.4 Å². The zero-order valence-electron chi connectivity index (χ0n) is 17.9. The van der Waals surface area contributed by atoms with Gasteiger partial charge < -0.3 is 5.32 Å². The van der Waals surface area contributed by atoms with Crippen LogP contribution in [0.2, 0.25) is 0 Å². The van der Waals surface area contributed by atoms with Crippen molar-refractivity contribution in [2.24, 2.45) is 5.92 Å². The minimum absolute atomic E-state index is 0.0406. The third-order valence-corrected chi connectivity index (χ3v) is 5.98. The summed E-state index contributed by atoms with van der Waals surface area (Å²) >= 11 is 0. The van der Waals surface area contributed by atoms with Gasteiger partial charge in [-0.2, -0.15) is 0 Å². The Bertz CT molecular complexity index is 558. The molecular formula is C22H39N3O2. The molecule has 1 unspecified atom stereocenters. The summed E-state index contributed by atoms with van der Waals surface area (Å²) in [5.41, 5.74) is -1.14. The molecule has 0 amide bonds. The second kappa shape index (κ2) is 9.44. The molecule has 0 aromatic carbocycles. The van der Waals surface area contributed by atoms with Crippen molar-refractivity contribution < 1.29 is 9.59 Å². The molecule has 5 nitrogen and oxygen atoms in total. The number of rotatable bonds is 4. The molecule has 2 rings (SSSR count). The van der Waals surface area contributed by atoms with Crippen LogP contribution in [0.25, 0.3) is 0 Å². The predicted molar refractivity (Wildman–Crippen MR) is 111 cm³/mol. The quantitative estimate of drug-likeness (QED) is 0.738. The SMILES string of the molecule is CC(C)N[C@@]12CCN(C/C=C/CCCC[C@](C)(C(=O)C(C)C)NCC1=O)C2. The van der Waals surface area contributed by atoms with Crippen LogP contribution < -0.4 is 10.6 Å². The molecule has 0 radical (unpaired) electrons. The number of carbonyl (C=O) groups is 2. The first kappa shape index (κ1) is 22.3. The number of ketones is 2. The van der Waals surface area contributed by atoms with Gasteiger partial charge in [0.2, 0.25) is 0 Å². The molecule has 0 aromatic rings. The fourth-order valence-electron chi connectivity index (χ4n) is 4.49. The summed E-state index contributed by atoms with van der Waals surface area (Å²) in [6.07, 6.45) is 9.20. The number of nitrogens with zero attached hydrogens (tertiary/aromatic N) is 1. The lowest BCUT2D eigenvalue weighted by atomic mass is 9.83. The van der Waals surface area contributed by atoms with E-state index in [-0.39, 0.29) is 30.1 Å². The van der Waals surface area contributed by atoms with Gasteiger partial charge >= 0.3 is 0 Å². The van der Waals surface area contributed by atoms with Gasteiger partial charge in [0.15, 0.2) is 11.6 Å². The molecule has 2 aliphatic rings. The highest BCUT2D eigenvalue weighted by Gasteiger charge is 2.45. The fraction of sp³-hybridized carbons (Fsp3) is 0.818. The first-order chi connectivity index (χ1) is 12.7. The van der Waals surface area contributed by atoms with E-state index < -0.39 is 11.1 Å². The number of fused-ring (bicyclic) bond motifs is 2. The summed E-state index contributed by atoms with van der Waals surface area (Å²) in [5, 5.41) is 6.94. The standard InChI is InChI=1S/C22H39N3O2/c1-17(2)20(27)21(5)11-9-7-6-8-10-13-25-14-12-22(16-25,24-18(3)4)19(26)15-23-21/h8,10,17-18,23-24H,6-7,9,11-16H2,1-5H3/b10-8+/t21-,22-/m1/s1. The van der Waals surface area contributed by atoms with E-state index in [2.05, 4.69) is 41.5 Å². The van der Waals surface area contributed by atoms with Gasteiger partial charge in [0.05, 0.1) is 17.6 Å². The van der Waals surface area contributed by atoms with Crippen molar-refractivity contribution in [3.8, 4) is 0 Å². The molecule has 1 fully saturated rings. The molecule has 2 N–H and O–H groups in total. The lowest BCUT2D eigenvalue weighted by Gasteiger charge is -2.35. The normalized spacial score (nSPS) is 34.6. The van der Waals surface area contributed by atoms with E-state index in [1.54, 1.807) is 0 Å². The first-order valence-corrected chi connectivity index (χ1v) is 10.7. The summed E-state index contributed by atoms with van der Waals surface area (Å²) in [7, 11) is 0. The van der Waals surface area contributed by atoms with Crippen molar-refractivity contribution in [3.63, 3.8) is 0 Å². The number of allylic oxidation sites excluding steroid dienone is 1. The van der Waals surface area contributed by atoms with Gasteiger partial charge in [-0.3, -0.25) is 19.8 Å². The summed E-state index contributed by atoms with van der Waals surface area (Å²) in [4.78, 5) is 28.5. The van der Waals surface area contributed by atoms with Gasteiger partial charge in [0, 0.05) is 31.6 Å². The van der Waals surface area contributed by atoms with Crippen molar-refractivity contribution >= 4 is 11.6 Å². The van der Waals surface area contributed by atoms with E-state index in [1.165, 1.54) is 0 Å². The fourth-order valence-corrected chi connectivity index (χ4v) is 4.49. The maximum absolute atomic E-state index is 13.3. The third kappa shape index (κ3) is 5.72. The van der Waals surface area contributed by atoms with Crippen LogP contribution in [0.15, 0.2) is 12.2 Å². The van der Waals surface area contributed by atoms with Crippen LogP contribution in [-0.4, -0.2) is 59.8 Å². The highest BCUT2D eigenvalue weighted by Crippen LogP contribution is 2.25. The number of hydrogen-bond acceptors (Lipinski definition) is 5. The lowest BCUT2D eigenvalue weighted by Crippen LogP contribution is -2.61. The Labute approximate surface area is 165 Å². The minimum atomic E-state index is -0.630. The van der Waals surface area contributed by atoms with Crippen LogP contribution in [0.1, 0.15) is 66.7 Å². The average Bonchev–Trinajstić information content (AvgIpc) is 3.00. The van der Waals surface area contributed by atoms with E-state index in [9.17, 15) is 9.59 Å². The second-order valence-electron chi connectivity index (χ2n) is 9.21. The van der Waals surface area contributed by atoms with Crippen molar-refractivity contribution in [2.45, 2.75) is 83.8 Å². The molecule has 1 saturated heterocycles. The molecule has 0 spiro atoms. The molecule has 0 saturated carbocycles. The predicted octanol–water partition coefficient (Wildman–Crippen LogP) is 2.70. The van der Waals surface area contributed by atoms with Gasteiger partial charge in [0.25, 0.3) is 0 Å². The summed E-state index contributed by atoms with van der Waals surface area (Å²) in [5.74, 6) is 0.348. The zero-order valence-corrected chi connectivity index (χ0v) is 17.9. The molecular weight excluding hydrogens is 338 g/mol. The molecule has 2 bridgehead atoms. The Morgan fingerprint density at radius 3 is 2.59 bits per heavy atom. The van der Waals surface area contributed by atoms with Gasteiger partial charge in [-0.15, -0.1) is 0 Å². The average molecular weight is 378 g/mol. The van der Waals surface area contributed by atoms with Crippen molar-refractivity contribution in [3.05, 3.63) is 12.2 Å². The van der Waals surface area contributed by atoms with Crippen LogP contribution in [0.3, 0.4) is 0 Å². The van der Waals surface area contributed by atoms with Crippen LogP contribution in [0, 0.1) is 5.92 Å². The number of carbonyl (C=O) groups excluding carboxylic acids is 2. The van der Waals surface area contributed by atoms with E-state index in [1.807, 2.05) is 20.8 Å². The maximum Gasteiger partial charge on any atom is 0.167 e. The van der Waals surface area contributed by atoms with Crippen LogP contribution in [0.5, 0.6) is 0 Å². The van der Waals surface area contributed by atoms with E-state index in [0.29, 0.717) is 0 Å². The Kier molecular flexibility index (Phi) is 7.78. The van der Waals surface area contributed by atoms with Crippen LogP contribution in [-0.2, 0) is 9.59 Å². The Hall–Kier alpha value is -1.04. The molecule has 2 heterocycles. The molecule has 5 heteroatoms. The van der Waals surface area contributed by atoms with E-state index in [4.69, 9.17) is 0 Å². The Morgan fingerprint density at radius 1 is 1.19 bits per heavy atom. The van der Waals surface area contributed by atoms with Crippen molar-refractivity contribution in [1.29, 1.82) is 0 Å². The van der Waals surface area contributed by atoms with Crippen LogP contribution >= 0.6 is 0 Å². The highest BCUT2D eigenvalue weighted by molar-refractivity contribution is 5.93. The highest BCUT2D eigenvalue weighted by atomic mass is 16.1. The molecule has 2 aliphatic heterocycles. The van der Waals surface area contributed by atoms with Crippen molar-refractivity contribution in [1.82, 2.24) is 15.5 Å². The largest absolute Gasteiger partial charge is 0.302 e. The Balaban J connectivity index is 2.24. The smallest absolute Gasteiger partial charge is 0.167 e.